The molecule has 6 heteroatoms. The zero-order valence-electron chi connectivity index (χ0n) is 14.7. The highest BCUT2D eigenvalue weighted by Gasteiger charge is 2.46. The Morgan fingerprint density at radius 1 is 1.27 bits per heavy atom. The first-order valence-electron chi connectivity index (χ1n) is 8.82. The molecular formula is C20H21ClN2O3. The maximum absolute atomic E-state index is 11.5. The molecule has 2 aliphatic heterocycles. The number of fused-ring (bicyclic) bond motifs is 2. The Balaban J connectivity index is 1.51. The second-order valence-electron chi connectivity index (χ2n) is 7.16. The molecule has 5 nitrogen and oxygen atoms in total. The fraction of sp³-hybridized carbons (Fsp3) is 0.400. The number of piperidine rings is 1. The van der Waals surface area contributed by atoms with Gasteiger partial charge in [0.25, 0.3) is 0 Å². The van der Waals surface area contributed by atoms with Gasteiger partial charge in [-0.15, -0.1) is 0 Å². The molecule has 1 aromatic carbocycles. The summed E-state index contributed by atoms with van der Waals surface area (Å²) in [5.74, 6) is 0. The Morgan fingerprint density at radius 2 is 2.04 bits per heavy atom. The quantitative estimate of drug-likeness (QED) is 0.777. The molecule has 0 radical (unpaired) electrons. The summed E-state index contributed by atoms with van der Waals surface area (Å²) in [7, 11) is 1.77. The minimum absolute atomic E-state index is 0.000840. The molecule has 1 spiro atoms. The number of pyridine rings is 1. The maximum Gasteiger partial charge on any atom is 0.250 e. The average Bonchev–Trinajstić information content (AvgIpc) is 2.93. The highest BCUT2D eigenvalue weighted by atomic mass is 35.5. The van der Waals surface area contributed by atoms with Crippen LogP contribution in [0.15, 0.2) is 41.3 Å². The Bertz CT molecular complexity index is 900. The number of rotatable bonds is 3. The van der Waals surface area contributed by atoms with E-state index in [2.05, 4.69) is 4.90 Å². The van der Waals surface area contributed by atoms with Crippen molar-refractivity contribution in [2.75, 3.05) is 13.1 Å². The van der Waals surface area contributed by atoms with E-state index in [-0.39, 0.29) is 5.56 Å². The number of carbonyl (C=O) groups excluding carboxylic acids is 1. The minimum atomic E-state index is -0.502. The molecular weight excluding hydrogens is 352 g/mol. The van der Waals surface area contributed by atoms with Crippen LogP contribution in [0.3, 0.4) is 0 Å². The molecule has 0 N–H and O–H groups in total. The molecule has 0 amide bonds. The third-order valence-corrected chi connectivity index (χ3v) is 5.74. The van der Waals surface area contributed by atoms with Crippen molar-refractivity contribution in [2.24, 2.45) is 7.05 Å². The Morgan fingerprint density at radius 3 is 2.73 bits per heavy atom. The average molecular weight is 373 g/mol. The monoisotopic (exact) mass is 372 g/mol. The molecule has 4 rings (SSSR count). The number of aryl methyl sites for hydroxylation is 1. The fourth-order valence-electron chi connectivity index (χ4n) is 4.10. The van der Waals surface area contributed by atoms with Gasteiger partial charge in [-0.3, -0.25) is 9.69 Å². The molecule has 1 aromatic heterocycles. The Kier molecular flexibility index (Phi) is 4.47. The van der Waals surface area contributed by atoms with Crippen molar-refractivity contribution in [3.05, 3.63) is 68.6 Å². The predicted molar refractivity (Wildman–Crippen MR) is 99.2 cm³/mol. The zero-order valence-corrected chi connectivity index (χ0v) is 15.4. The smallest absolute Gasteiger partial charge is 0.250 e. The van der Waals surface area contributed by atoms with Crippen molar-refractivity contribution >= 4 is 17.9 Å². The van der Waals surface area contributed by atoms with Crippen molar-refractivity contribution in [1.82, 2.24) is 9.47 Å². The number of likely N-dealkylation sites (tertiary alicyclic amines) is 1. The van der Waals surface area contributed by atoms with Gasteiger partial charge in [-0.25, -0.2) is 0 Å². The number of aromatic nitrogens is 1. The lowest BCUT2D eigenvalue weighted by Gasteiger charge is -2.39. The second-order valence-corrected chi connectivity index (χ2v) is 7.60. The first-order valence-corrected chi connectivity index (χ1v) is 9.19. The SMILES string of the molecule is Cn1cc(CN2CCC3(CC2)OC(C=O)c2ccc(Cl)cc23)ccc1=O. The summed E-state index contributed by atoms with van der Waals surface area (Å²) in [6.07, 6.45) is 3.89. The van der Waals surface area contributed by atoms with E-state index in [9.17, 15) is 9.59 Å². The third-order valence-electron chi connectivity index (χ3n) is 5.51. The molecule has 3 heterocycles. The third kappa shape index (κ3) is 3.00. The molecule has 26 heavy (non-hydrogen) atoms. The van der Waals surface area contributed by atoms with Gasteiger partial charge in [-0.1, -0.05) is 23.7 Å². The lowest BCUT2D eigenvalue weighted by Crippen LogP contribution is -2.42. The van der Waals surface area contributed by atoms with E-state index in [1.807, 2.05) is 30.5 Å². The fourth-order valence-corrected chi connectivity index (χ4v) is 4.28. The minimum Gasteiger partial charge on any atom is -0.355 e. The number of halogens is 1. The van der Waals surface area contributed by atoms with Crippen LogP contribution in [-0.4, -0.2) is 28.8 Å². The number of nitrogens with zero attached hydrogens (tertiary/aromatic N) is 2. The molecule has 0 bridgehead atoms. The second kappa shape index (κ2) is 6.65. The number of ether oxygens (including phenoxy) is 1. The number of benzene rings is 1. The summed E-state index contributed by atoms with van der Waals surface area (Å²) >= 11 is 6.20. The first kappa shape index (κ1) is 17.5. The van der Waals surface area contributed by atoms with E-state index < -0.39 is 11.7 Å². The van der Waals surface area contributed by atoms with Gasteiger partial charge in [0.2, 0.25) is 5.56 Å². The van der Waals surface area contributed by atoms with Crippen molar-refractivity contribution in [3.63, 3.8) is 0 Å². The largest absolute Gasteiger partial charge is 0.355 e. The number of hydrogen-bond acceptors (Lipinski definition) is 4. The predicted octanol–water partition coefficient (Wildman–Crippen LogP) is 2.80. The van der Waals surface area contributed by atoms with Gasteiger partial charge in [-0.2, -0.15) is 0 Å². The Hall–Kier alpha value is -1.95. The summed E-state index contributed by atoms with van der Waals surface area (Å²) in [5.41, 5.74) is 2.69. The van der Waals surface area contributed by atoms with Gasteiger partial charge in [-0.05, 0) is 41.7 Å². The van der Waals surface area contributed by atoms with E-state index in [1.54, 1.807) is 17.7 Å². The van der Waals surface area contributed by atoms with E-state index in [0.29, 0.717) is 5.02 Å². The van der Waals surface area contributed by atoms with Crippen LogP contribution in [0.4, 0.5) is 0 Å². The van der Waals surface area contributed by atoms with Crippen LogP contribution in [-0.2, 0) is 28.7 Å². The molecule has 1 atom stereocenters. The van der Waals surface area contributed by atoms with Crippen LogP contribution in [0.25, 0.3) is 0 Å². The van der Waals surface area contributed by atoms with Crippen LogP contribution >= 0.6 is 11.6 Å². The maximum atomic E-state index is 11.5. The summed E-state index contributed by atoms with van der Waals surface area (Å²) in [6.45, 7) is 2.52. The topological polar surface area (TPSA) is 51.5 Å². The van der Waals surface area contributed by atoms with Crippen LogP contribution in [0.2, 0.25) is 5.02 Å². The highest BCUT2D eigenvalue weighted by molar-refractivity contribution is 6.30. The number of aldehydes is 1. The Labute approximate surface area is 157 Å². The van der Waals surface area contributed by atoms with Gasteiger partial charge >= 0.3 is 0 Å². The van der Waals surface area contributed by atoms with Crippen molar-refractivity contribution in [1.29, 1.82) is 0 Å². The summed E-state index contributed by atoms with van der Waals surface area (Å²) in [6, 6.07) is 9.16. The molecule has 0 aliphatic carbocycles. The van der Waals surface area contributed by atoms with Gasteiger partial charge in [0.05, 0.1) is 5.60 Å². The van der Waals surface area contributed by atoms with Gasteiger partial charge in [0, 0.05) is 44.0 Å². The van der Waals surface area contributed by atoms with Crippen LogP contribution in [0.1, 0.15) is 35.6 Å². The normalized spacial score (nSPS) is 21.7. The van der Waals surface area contributed by atoms with E-state index in [4.69, 9.17) is 16.3 Å². The summed E-state index contributed by atoms with van der Waals surface area (Å²) < 4.78 is 7.80. The lowest BCUT2D eigenvalue weighted by atomic mass is 9.83. The first-order chi connectivity index (χ1) is 12.5. The zero-order chi connectivity index (χ0) is 18.3. The standard InChI is InChI=1S/C20H21ClN2O3/c1-22-11-14(2-5-19(22)25)12-23-8-6-20(7-9-23)17-10-15(21)3-4-16(17)18(13-24)26-20/h2-5,10-11,13,18H,6-9,12H2,1H3. The molecule has 2 aromatic rings. The van der Waals surface area contributed by atoms with E-state index >= 15 is 0 Å². The van der Waals surface area contributed by atoms with Crippen molar-refractivity contribution in [2.45, 2.75) is 31.1 Å². The highest BCUT2D eigenvalue weighted by Crippen LogP contribution is 2.49. The lowest BCUT2D eigenvalue weighted by molar-refractivity contribution is -0.137. The van der Waals surface area contributed by atoms with Gasteiger partial charge in [0.15, 0.2) is 6.29 Å². The molecule has 0 saturated carbocycles. The molecule has 136 valence electrons. The molecule has 1 saturated heterocycles. The van der Waals surface area contributed by atoms with Crippen molar-refractivity contribution in [3.8, 4) is 0 Å². The molecule has 1 unspecified atom stereocenters. The molecule has 1 fully saturated rings. The van der Waals surface area contributed by atoms with E-state index in [0.717, 1.165) is 55.5 Å². The van der Waals surface area contributed by atoms with Crippen molar-refractivity contribution < 1.29 is 9.53 Å². The van der Waals surface area contributed by atoms with Gasteiger partial charge < -0.3 is 14.1 Å². The van der Waals surface area contributed by atoms with E-state index in [1.165, 1.54) is 0 Å². The summed E-state index contributed by atoms with van der Waals surface area (Å²) in [5, 5.41) is 0.672. The number of carbonyl (C=O) groups is 1. The molecule has 2 aliphatic rings. The van der Waals surface area contributed by atoms with Gasteiger partial charge in [0.1, 0.15) is 6.10 Å². The summed E-state index contributed by atoms with van der Waals surface area (Å²) in [4.78, 5) is 25.3. The number of hydrogen-bond donors (Lipinski definition) is 0. The van der Waals surface area contributed by atoms with Crippen LogP contribution < -0.4 is 5.56 Å². The van der Waals surface area contributed by atoms with Crippen LogP contribution in [0.5, 0.6) is 0 Å². The van der Waals surface area contributed by atoms with Crippen LogP contribution in [0, 0.1) is 0 Å².